The lowest BCUT2D eigenvalue weighted by Gasteiger charge is -2.35. The molecule has 1 aromatic carbocycles. The van der Waals surface area contributed by atoms with Crippen LogP contribution in [0.1, 0.15) is 65.3 Å². The van der Waals surface area contributed by atoms with Gasteiger partial charge in [-0.2, -0.15) is 0 Å². The smallest absolute Gasteiger partial charge is 0.407 e. The number of sulfonamides is 1. The van der Waals surface area contributed by atoms with Crippen LogP contribution in [-0.2, 0) is 14.8 Å². The maximum Gasteiger partial charge on any atom is 0.407 e. The lowest BCUT2D eigenvalue weighted by Crippen LogP contribution is -2.45. The van der Waals surface area contributed by atoms with Crippen molar-refractivity contribution in [2.75, 3.05) is 5.73 Å². The van der Waals surface area contributed by atoms with Crippen LogP contribution >= 0.6 is 11.3 Å². The highest BCUT2D eigenvalue weighted by atomic mass is 32.2. The molecular weight excluding hydrogens is 448 g/mol. The standard InChI is InChI=1S/C22H32N4O4S2/c1-21(2,3)26-32(28,29)18-11-14(23)7-8-16(18)17-12-24-19(31-17)13-9-15(10-13)25-20(27)30-22(4,5)6/h7-8,11-13,15,26H,9-10,23H2,1-6H3,(H,25,27)/t13-,15-. The second-order valence-electron chi connectivity index (χ2n) is 10.2. The van der Waals surface area contributed by atoms with Crippen molar-refractivity contribution in [3.63, 3.8) is 0 Å². The van der Waals surface area contributed by atoms with Gasteiger partial charge in [0.05, 0.1) is 14.8 Å². The third kappa shape index (κ3) is 6.20. The fourth-order valence-corrected chi connectivity index (χ4v) is 6.26. The van der Waals surface area contributed by atoms with Gasteiger partial charge in [-0.1, -0.05) is 6.07 Å². The van der Waals surface area contributed by atoms with Gasteiger partial charge in [-0.15, -0.1) is 11.3 Å². The Morgan fingerprint density at radius 1 is 1.19 bits per heavy atom. The molecule has 32 heavy (non-hydrogen) atoms. The summed E-state index contributed by atoms with van der Waals surface area (Å²) < 4.78 is 34.0. The molecule has 3 rings (SSSR count). The highest BCUT2D eigenvalue weighted by molar-refractivity contribution is 7.89. The van der Waals surface area contributed by atoms with Crippen LogP contribution in [0.2, 0.25) is 0 Å². The van der Waals surface area contributed by atoms with E-state index in [2.05, 4.69) is 15.0 Å². The average molecular weight is 481 g/mol. The highest BCUT2D eigenvalue weighted by Crippen LogP contribution is 2.42. The van der Waals surface area contributed by atoms with Crippen LogP contribution in [-0.4, -0.2) is 36.7 Å². The van der Waals surface area contributed by atoms with Gasteiger partial charge in [-0.3, -0.25) is 0 Å². The number of carbonyl (C=O) groups excluding carboxylic acids is 1. The fourth-order valence-electron chi connectivity index (χ4n) is 3.44. The molecule has 1 aliphatic rings. The Kier molecular flexibility index (Phi) is 6.61. The van der Waals surface area contributed by atoms with Gasteiger partial charge < -0.3 is 15.8 Å². The molecule has 0 aliphatic heterocycles. The number of ether oxygens (including phenoxy) is 1. The molecule has 8 nitrogen and oxygen atoms in total. The zero-order chi connectivity index (χ0) is 23.9. The third-order valence-electron chi connectivity index (χ3n) is 4.73. The topological polar surface area (TPSA) is 123 Å². The molecule has 0 atom stereocenters. The van der Waals surface area contributed by atoms with E-state index in [1.165, 1.54) is 17.4 Å². The summed E-state index contributed by atoms with van der Waals surface area (Å²) in [5.41, 5.74) is 5.69. The molecular formula is C22H32N4O4S2. The van der Waals surface area contributed by atoms with Crippen LogP contribution < -0.4 is 15.8 Å². The number of benzene rings is 1. The fraction of sp³-hybridized carbons (Fsp3) is 0.545. The monoisotopic (exact) mass is 480 g/mol. The molecule has 1 fully saturated rings. The van der Waals surface area contributed by atoms with E-state index in [1.807, 2.05) is 20.8 Å². The van der Waals surface area contributed by atoms with Crippen LogP contribution in [0, 0.1) is 0 Å². The maximum absolute atomic E-state index is 13.0. The number of anilines is 1. The zero-order valence-electron chi connectivity index (χ0n) is 19.4. The molecule has 0 spiro atoms. The van der Waals surface area contributed by atoms with Crippen molar-refractivity contribution in [2.45, 2.75) is 82.4 Å². The van der Waals surface area contributed by atoms with Gasteiger partial charge in [0.25, 0.3) is 0 Å². The predicted octanol–water partition coefficient (Wildman–Crippen LogP) is 4.24. The van der Waals surface area contributed by atoms with Gasteiger partial charge in [0, 0.05) is 34.9 Å². The first kappa shape index (κ1) is 24.5. The molecule has 0 radical (unpaired) electrons. The van der Waals surface area contributed by atoms with Crippen molar-refractivity contribution < 1.29 is 17.9 Å². The maximum atomic E-state index is 13.0. The lowest BCUT2D eigenvalue weighted by molar-refractivity contribution is 0.0471. The SMILES string of the molecule is CC(C)(C)NS(=O)(=O)c1cc(N)ccc1-c1cnc([C@H]2C[C@H](NC(=O)OC(C)(C)C)C2)s1. The summed E-state index contributed by atoms with van der Waals surface area (Å²) in [4.78, 5) is 17.4. The van der Waals surface area contributed by atoms with E-state index in [0.29, 0.717) is 11.3 Å². The molecule has 1 heterocycles. The van der Waals surface area contributed by atoms with Gasteiger partial charge in [-0.05, 0) is 66.5 Å². The molecule has 176 valence electrons. The molecule has 0 bridgehead atoms. The number of nitrogens with one attached hydrogen (secondary N) is 2. The van der Waals surface area contributed by atoms with Gasteiger partial charge >= 0.3 is 6.09 Å². The highest BCUT2D eigenvalue weighted by Gasteiger charge is 2.35. The molecule has 1 saturated carbocycles. The van der Waals surface area contributed by atoms with Crippen molar-refractivity contribution in [1.29, 1.82) is 0 Å². The predicted molar refractivity (Wildman–Crippen MR) is 127 cm³/mol. The Hall–Kier alpha value is -2.17. The number of rotatable bonds is 5. The van der Waals surface area contributed by atoms with Crippen LogP contribution in [0.3, 0.4) is 0 Å². The minimum Gasteiger partial charge on any atom is -0.444 e. The van der Waals surface area contributed by atoms with Gasteiger partial charge in [0.15, 0.2) is 0 Å². The van der Waals surface area contributed by atoms with Gasteiger partial charge in [-0.25, -0.2) is 22.9 Å². The molecule has 4 N–H and O–H groups in total. The van der Waals surface area contributed by atoms with E-state index in [0.717, 1.165) is 22.7 Å². The van der Waals surface area contributed by atoms with Crippen molar-refractivity contribution in [3.8, 4) is 10.4 Å². The van der Waals surface area contributed by atoms with E-state index in [4.69, 9.17) is 10.5 Å². The second kappa shape index (κ2) is 8.64. The molecule has 1 aromatic heterocycles. The van der Waals surface area contributed by atoms with Crippen molar-refractivity contribution in [2.24, 2.45) is 0 Å². The first-order valence-electron chi connectivity index (χ1n) is 10.5. The Labute approximate surface area is 194 Å². The molecule has 2 aromatic rings. The molecule has 1 aliphatic carbocycles. The quantitative estimate of drug-likeness (QED) is 0.550. The van der Waals surface area contributed by atoms with E-state index < -0.39 is 27.3 Å². The summed E-state index contributed by atoms with van der Waals surface area (Å²) >= 11 is 1.47. The number of amides is 1. The zero-order valence-corrected chi connectivity index (χ0v) is 21.0. The lowest BCUT2D eigenvalue weighted by atomic mass is 9.81. The van der Waals surface area contributed by atoms with Crippen LogP contribution in [0.4, 0.5) is 10.5 Å². The summed E-state index contributed by atoms with van der Waals surface area (Å²) in [5.74, 6) is 0.218. The summed E-state index contributed by atoms with van der Waals surface area (Å²) in [6, 6.07) is 4.94. The number of nitrogens with two attached hydrogens (primary N) is 1. The number of hydrogen-bond acceptors (Lipinski definition) is 7. The van der Waals surface area contributed by atoms with Crippen molar-refractivity contribution in [1.82, 2.24) is 15.0 Å². The minimum absolute atomic E-state index is 0.0469. The average Bonchev–Trinajstić information content (AvgIpc) is 3.03. The molecule has 0 unspecified atom stereocenters. The van der Waals surface area contributed by atoms with Gasteiger partial charge in [0.2, 0.25) is 10.0 Å². The summed E-state index contributed by atoms with van der Waals surface area (Å²) in [7, 11) is -3.77. The Bertz CT molecular complexity index is 1090. The van der Waals surface area contributed by atoms with E-state index in [1.54, 1.807) is 39.1 Å². The van der Waals surface area contributed by atoms with E-state index >= 15 is 0 Å². The molecule has 10 heteroatoms. The number of hydrogen-bond donors (Lipinski definition) is 3. The summed E-state index contributed by atoms with van der Waals surface area (Å²) in [6.45, 7) is 10.9. The Morgan fingerprint density at radius 3 is 2.44 bits per heavy atom. The number of carbonyl (C=O) groups is 1. The van der Waals surface area contributed by atoms with Crippen LogP contribution in [0.25, 0.3) is 10.4 Å². The molecule has 0 saturated heterocycles. The number of aromatic nitrogens is 1. The first-order valence-corrected chi connectivity index (χ1v) is 12.8. The number of thiazole rings is 1. The normalized spacial score (nSPS) is 19.3. The summed E-state index contributed by atoms with van der Waals surface area (Å²) in [5, 5.41) is 3.80. The van der Waals surface area contributed by atoms with Crippen molar-refractivity contribution in [3.05, 3.63) is 29.4 Å². The second-order valence-corrected chi connectivity index (χ2v) is 12.9. The largest absolute Gasteiger partial charge is 0.444 e. The number of nitrogens with zero attached hydrogens (tertiary/aromatic N) is 1. The summed E-state index contributed by atoms with van der Waals surface area (Å²) in [6.07, 6.45) is 2.83. The third-order valence-corrected chi connectivity index (χ3v) is 7.72. The molecule has 1 amide bonds. The Balaban J connectivity index is 1.74. The number of nitrogen functional groups attached to an aromatic ring is 1. The van der Waals surface area contributed by atoms with Crippen molar-refractivity contribution >= 4 is 33.1 Å². The van der Waals surface area contributed by atoms with Crippen LogP contribution in [0.5, 0.6) is 0 Å². The van der Waals surface area contributed by atoms with Crippen LogP contribution in [0.15, 0.2) is 29.3 Å². The minimum atomic E-state index is -3.77. The Morgan fingerprint density at radius 2 is 1.84 bits per heavy atom. The number of alkyl carbamates (subject to hydrolysis) is 1. The van der Waals surface area contributed by atoms with E-state index in [9.17, 15) is 13.2 Å². The first-order chi connectivity index (χ1) is 14.6. The van der Waals surface area contributed by atoms with E-state index in [-0.39, 0.29) is 16.9 Å². The van der Waals surface area contributed by atoms with Gasteiger partial charge in [0.1, 0.15) is 5.60 Å².